The minimum atomic E-state index is 0.128. The smallest absolute Gasteiger partial charge is 0.233 e. The molecule has 6 rings (SSSR count). The van der Waals surface area contributed by atoms with Gasteiger partial charge in [0.05, 0.1) is 31.2 Å². The molecule has 4 fully saturated rings. The molecule has 2 bridgehead atoms. The van der Waals surface area contributed by atoms with E-state index in [0.717, 1.165) is 49.7 Å². The summed E-state index contributed by atoms with van der Waals surface area (Å²) in [6.07, 6.45) is 12.4. The zero-order valence-corrected chi connectivity index (χ0v) is 17.8. The maximum absolute atomic E-state index is 12.9. The average molecular weight is 409 g/mol. The Bertz CT molecular complexity index is 844. The molecule has 1 amide bonds. The van der Waals surface area contributed by atoms with Gasteiger partial charge in [-0.25, -0.2) is 4.68 Å². The second kappa shape index (κ2) is 8.88. The molecular formula is C24H34N5O+. The van der Waals surface area contributed by atoms with Crippen LogP contribution in [-0.2, 0) is 17.8 Å². The van der Waals surface area contributed by atoms with E-state index in [1.165, 1.54) is 38.6 Å². The van der Waals surface area contributed by atoms with Crippen molar-refractivity contribution in [2.75, 3.05) is 18.4 Å². The third-order valence-electron chi connectivity index (χ3n) is 7.65. The topological polar surface area (TPSA) is 64.2 Å². The molecule has 0 spiro atoms. The number of piperidine rings is 3. The quantitative estimate of drug-likeness (QED) is 0.771. The van der Waals surface area contributed by atoms with Crippen molar-refractivity contribution in [2.45, 2.75) is 64.0 Å². The number of fused-ring (bicyclic) bond motifs is 3. The molecule has 2 aromatic rings. The van der Waals surface area contributed by atoms with Crippen molar-refractivity contribution in [1.29, 1.82) is 0 Å². The zero-order valence-electron chi connectivity index (χ0n) is 17.8. The zero-order chi connectivity index (χ0) is 20.3. The highest BCUT2D eigenvalue weighted by molar-refractivity contribution is 5.92. The van der Waals surface area contributed by atoms with Gasteiger partial charge in [-0.05, 0) is 30.4 Å². The number of amides is 1. The van der Waals surface area contributed by atoms with E-state index in [2.05, 4.69) is 26.5 Å². The van der Waals surface area contributed by atoms with E-state index in [1.54, 1.807) is 4.90 Å². The van der Waals surface area contributed by atoms with Gasteiger partial charge in [-0.15, -0.1) is 5.10 Å². The molecule has 3 aliphatic heterocycles. The maximum atomic E-state index is 12.9. The molecule has 1 saturated carbocycles. The molecule has 2 N–H and O–H groups in total. The molecule has 1 aromatic carbocycles. The SMILES string of the molecule is O=C(Nc1ccccc1)[C@H]1C[NH+]2CC[C@@H]1C[C@@H]2Cn1cc(CC2CCCCC2)nn1. The van der Waals surface area contributed by atoms with Crippen molar-refractivity contribution in [2.24, 2.45) is 17.8 Å². The normalized spacial score (nSPS) is 29.1. The molecule has 4 atom stereocenters. The second-order valence-corrected chi connectivity index (χ2v) is 9.70. The molecule has 6 heteroatoms. The Morgan fingerprint density at radius 1 is 1.13 bits per heavy atom. The van der Waals surface area contributed by atoms with Gasteiger partial charge in [0.15, 0.2) is 0 Å². The summed E-state index contributed by atoms with van der Waals surface area (Å²) in [6, 6.07) is 10.4. The van der Waals surface area contributed by atoms with Crippen LogP contribution in [0.4, 0.5) is 5.69 Å². The first-order valence-electron chi connectivity index (χ1n) is 11.8. The van der Waals surface area contributed by atoms with E-state index in [4.69, 9.17) is 0 Å². The lowest BCUT2D eigenvalue weighted by Crippen LogP contribution is -3.20. The average Bonchev–Trinajstić information content (AvgIpc) is 3.22. The summed E-state index contributed by atoms with van der Waals surface area (Å²) in [5.74, 6) is 1.61. The Hall–Kier alpha value is -2.21. The van der Waals surface area contributed by atoms with Crippen molar-refractivity contribution in [3.8, 4) is 0 Å². The molecule has 4 aliphatic rings. The molecule has 1 aromatic heterocycles. The number of carbonyl (C=O) groups excluding carboxylic acids is 1. The summed E-state index contributed by atoms with van der Waals surface area (Å²) in [5, 5.41) is 12.0. The first-order chi connectivity index (χ1) is 14.7. The Balaban J connectivity index is 1.16. The van der Waals surface area contributed by atoms with E-state index >= 15 is 0 Å². The molecule has 30 heavy (non-hydrogen) atoms. The lowest BCUT2D eigenvalue weighted by molar-refractivity contribution is -0.945. The Morgan fingerprint density at radius 3 is 2.73 bits per heavy atom. The Kier molecular flexibility index (Phi) is 5.84. The fraction of sp³-hybridized carbons (Fsp3) is 0.625. The summed E-state index contributed by atoms with van der Waals surface area (Å²) in [7, 11) is 0. The van der Waals surface area contributed by atoms with Crippen molar-refractivity contribution in [1.82, 2.24) is 15.0 Å². The first kappa shape index (κ1) is 19.7. The standard InChI is InChI=1S/C24H33N5O/c30-24(25-20-9-5-2-6-10-20)23-17-28-12-11-19(23)14-22(28)16-29-15-21(26-27-29)13-18-7-3-1-4-8-18/h2,5-6,9-10,15,18-19,22-23H,1,3-4,7-8,11-14,16-17H2,(H,25,30)/p+1/t19-,22-,23+/m1/s1. The van der Waals surface area contributed by atoms with Gasteiger partial charge in [-0.1, -0.05) is 55.5 Å². The number of benzene rings is 1. The van der Waals surface area contributed by atoms with Gasteiger partial charge < -0.3 is 10.2 Å². The van der Waals surface area contributed by atoms with Crippen LogP contribution in [0, 0.1) is 17.8 Å². The molecule has 4 heterocycles. The fourth-order valence-electron chi connectivity index (χ4n) is 6.01. The van der Waals surface area contributed by atoms with Gasteiger partial charge in [-0.2, -0.15) is 0 Å². The van der Waals surface area contributed by atoms with Crippen LogP contribution in [0.15, 0.2) is 36.5 Å². The van der Waals surface area contributed by atoms with Crippen LogP contribution < -0.4 is 10.2 Å². The van der Waals surface area contributed by atoms with Gasteiger partial charge >= 0.3 is 0 Å². The highest BCUT2D eigenvalue weighted by atomic mass is 16.2. The van der Waals surface area contributed by atoms with Crippen molar-refractivity contribution in [3.63, 3.8) is 0 Å². The number of rotatable bonds is 6. The molecule has 160 valence electrons. The summed E-state index contributed by atoms with van der Waals surface area (Å²) in [4.78, 5) is 14.4. The van der Waals surface area contributed by atoms with Crippen molar-refractivity contribution < 1.29 is 9.69 Å². The summed E-state index contributed by atoms with van der Waals surface area (Å²) in [6.45, 7) is 3.04. The van der Waals surface area contributed by atoms with Gasteiger partial charge in [0, 0.05) is 24.7 Å². The lowest BCUT2D eigenvalue weighted by atomic mass is 9.75. The molecule has 3 saturated heterocycles. The largest absolute Gasteiger partial charge is 0.330 e. The number of hydrogen-bond donors (Lipinski definition) is 2. The van der Waals surface area contributed by atoms with E-state index in [-0.39, 0.29) is 11.8 Å². The number of quaternary nitrogens is 1. The van der Waals surface area contributed by atoms with E-state index < -0.39 is 0 Å². The Labute approximate surface area is 179 Å². The third kappa shape index (κ3) is 4.43. The summed E-state index contributed by atoms with van der Waals surface area (Å²) in [5.41, 5.74) is 2.06. The van der Waals surface area contributed by atoms with Crippen LogP contribution in [0.1, 0.15) is 50.6 Å². The Morgan fingerprint density at radius 2 is 1.97 bits per heavy atom. The number of carbonyl (C=O) groups is 1. The van der Waals surface area contributed by atoms with Crippen LogP contribution >= 0.6 is 0 Å². The van der Waals surface area contributed by atoms with Crippen molar-refractivity contribution in [3.05, 3.63) is 42.2 Å². The second-order valence-electron chi connectivity index (χ2n) is 9.70. The summed E-state index contributed by atoms with van der Waals surface area (Å²) < 4.78 is 2.07. The minimum absolute atomic E-state index is 0.128. The van der Waals surface area contributed by atoms with E-state index in [0.29, 0.717) is 12.0 Å². The van der Waals surface area contributed by atoms with Crippen molar-refractivity contribution >= 4 is 11.6 Å². The molecular weight excluding hydrogens is 374 g/mol. The lowest BCUT2D eigenvalue weighted by Gasteiger charge is -2.46. The molecule has 0 radical (unpaired) electrons. The van der Waals surface area contributed by atoms with E-state index in [1.807, 2.05) is 30.3 Å². The molecule has 6 nitrogen and oxygen atoms in total. The predicted octanol–water partition coefficient (Wildman–Crippen LogP) is 2.33. The van der Waals surface area contributed by atoms with Gasteiger partial charge in [0.1, 0.15) is 6.04 Å². The molecule has 1 aliphatic carbocycles. The third-order valence-corrected chi connectivity index (χ3v) is 7.65. The van der Waals surface area contributed by atoms with Crippen LogP contribution in [0.3, 0.4) is 0 Å². The highest BCUT2D eigenvalue weighted by Gasteiger charge is 2.46. The van der Waals surface area contributed by atoms with E-state index in [9.17, 15) is 4.79 Å². The van der Waals surface area contributed by atoms with Crippen LogP contribution in [0.25, 0.3) is 0 Å². The number of nitrogens with zero attached hydrogens (tertiary/aromatic N) is 3. The monoisotopic (exact) mass is 408 g/mol. The van der Waals surface area contributed by atoms with Gasteiger partial charge in [0.25, 0.3) is 0 Å². The number of aromatic nitrogens is 3. The highest BCUT2D eigenvalue weighted by Crippen LogP contribution is 2.29. The van der Waals surface area contributed by atoms with Crippen LogP contribution in [-0.4, -0.2) is 40.0 Å². The maximum Gasteiger partial charge on any atom is 0.233 e. The number of para-hydroxylation sites is 1. The number of nitrogens with one attached hydrogen (secondary N) is 2. The van der Waals surface area contributed by atoms with Crippen LogP contribution in [0.5, 0.6) is 0 Å². The molecule has 1 unspecified atom stereocenters. The van der Waals surface area contributed by atoms with Gasteiger partial charge in [-0.3, -0.25) is 4.79 Å². The summed E-state index contributed by atoms with van der Waals surface area (Å²) >= 11 is 0. The number of hydrogen-bond acceptors (Lipinski definition) is 3. The number of anilines is 1. The van der Waals surface area contributed by atoms with Gasteiger partial charge in [0.2, 0.25) is 5.91 Å². The van der Waals surface area contributed by atoms with Crippen LogP contribution in [0.2, 0.25) is 0 Å². The first-order valence-corrected chi connectivity index (χ1v) is 11.8. The minimum Gasteiger partial charge on any atom is -0.330 e. The predicted molar refractivity (Wildman–Crippen MR) is 116 cm³/mol. The fourth-order valence-corrected chi connectivity index (χ4v) is 6.01.